The van der Waals surface area contributed by atoms with Gasteiger partial charge < -0.3 is 10.6 Å². The van der Waals surface area contributed by atoms with E-state index in [-0.39, 0.29) is 28.4 Å². The minimum absolute atomic E-state index is 0.0665. The summed E-state index contributed by atoms with van der Waals surface area (Å²) in [5, 5.41) is 14.3. The number of nitrogens with two attached hydrogens (primary N) is 1. The Kier molecular flexibility index (Phi) is 5.12. The minimum Gasteiger partial charge on any atom is -0.336 e. The fourth-order valence-electron chi connectivity index (χ4n) is 4.12. The molecule has 0 spiro atoms. The second-order valence-corrected chi connectivity index (χ2v) is 8.39. The van der Waals surface area contributed by atoms with E-state index in [4.69, 9.17) is 22.6 Å². The number of amides is 1. The van der Waals surface area contributed by atoms with E-state index >= 15 is 0 Å². The number of halogens is 2. The van der Waals surface area contributed by atoms with Crippen molar-refractivity contribution in [3.8, 4) is 23.1 Å². The highest BCUT2D eigenvalue weighted by Crippen LogP contribution is 2.33. The summed E-state index contributed by atoms with van der Waals surface area (Å²) in [6, 6.07) is 11.5. The molecule has 1 amide bonds. The van der Waals surface area contributed by atoms with E-state index in [1.165, 1.54) is 12.1 Å². The largest absolute Gasteiger partial charge is 0.336 e. The van der Waals surface area contributed by atoms with E-state index in [2.05, 4.69) is 10.1 Å². The average Bonchev–Trinajstić information content (AvgIpc) is 3.50. The van der Waals surface area contributed by atoms with Gasteiger partial charge in [-0.3, -0.25) is 14.0 Å². The van der Waals surface area contributed by atoms with Crippen LogP contribution in [0.2, 0.25) is 5.15 Å². The zero-order valence-corrected chi connectivity index (χ0v) is 18.4. The van der Waals surface area contributed by atoms with Gasteiger partial charge in [-0.15, -0.1) is 0 Å². The summed E-state index contributed by atoms with van der Waals surface area (Å²) in [5.41, 5.74) is 7.90. The van der Waals surface area contributed by atoms with Crippen LogP contribution < -0.4 is 5.73 Å². The van der Waals surface area contributed by atoms with Crippen molar-refractivity contribution >= 4 is 28.4 Å². The molecule has 0 unspecified atom stereocenters. The molecular formula is C23H19ClFN7O. The molecule has 0 bridgehead atoms. The number of nitriles is 1. The number of aromatic nitrogens is 4. The minimum atomic E-state index is -0.679. The first-order chi connectivity index (χ1) is 15.9. The van der Waals surface area contributed by atoms with Gasteiger partial charge in [0.15, 0.2) is 5.69 Å². The predicted octanol–water partition coefficient (Wildman–Crippen LogP) is 3.26. The SMILES string of the molecule is Cn1ncc2cc(-n3c(-c4ccc(C#N)c(F)c4)nc(C(=O)N4CC[C@H](N)C4)c3Cl)ccc21. The highest BCUT2D eigenvalue weighted by atomic mass is 35.5. The first kappa shape index (κ1) is 21.1. The van der Waals surface area contributed by atoms with Crippen molar-refractivity contribution in [3.63, 3.8) is 0 Å². The van der Waals surface area contributed by atoms with Gasteiger partial charge in [-0.1, -0.05) is 11.6 Å². The molecule has 166 valence electrons. The zero-order valence-electron chi connectivity index (χ0n) is 17.7. The number of likely N-dealkylation sites (tertiary alicyclic amines) is 1. The van der Waals surface area contributed by atoms with E-state index in [1.807, 2.05) is 31.3 Å². The van der Waals surface area contributed by atoms with Crippen LogP contribution in [0.25, 0.3) is 28.0 Å². The number of hydrogen-bond acceptors (Lipinski definition) is 5. The molecule has 0 saturated carbocycles. The summed E-state index contributed by atoms with van der Waals surface area (Å²) >= 11 is 6.73. The Balaban J connectivity index is 1.70. The van der Waals surface area contributed by atoms with Crippen molar-refractivity contribution in [2.45, 2.75) is 12.5 Å². The second-order valence-electron chi connectivity index (χ2n) is 8.03. The lowest BCUT2D eigenvalue weighted by molar-refractivity contribution is 0.0786. The molecule has 1 fully saturated rings. The lowest BCUT2D eigenvalue weighted by atomic mass is 10.1. The van der Waals surface area contributed by atoms with Gasteiger partial charge in [0.1, 0.15) is 22.9 Å². The highest BCUT2D eigenvalue weighted by Gasteiger charge is 2.30. The Morgan fingerprint density at radius 1 is 1.30 bits per heavy atom. The lowest BCUT2D eigenvalue weighted by Gasteiger charge is -2.14. The number of carbonyl (C=O) groups excluding carboxylic acids is 1. The maximum Gasteiger partial charge on any atom is 0.275 e. The zero-order chi connectivity index (χ0) is 23.3. The van der Waals surface area contributed by atoms with Crippen molar-refractivity contribution in [2.75, 3.05) is 13.1 Å². The van der Waals surface area contributed by atoms with Crippen molar-refractivity contribution in [3.05, 3.63) is 64.8 Å². The molecule has 8 nitrogen and oxygen atoms in total. The van der Waals surface area contributed by atoms with E-state index in [0.29, 0.717) is 36.6 Å². The van der Waals surface area contributed by atoms with Gasteiger partial charge in [0.2, 0.25) is 0 Å². The molecule has 3 heterocycles. The monoisotopic (exact) mass is 463 g/mol. The Labute approximate surface area is 193 Å². The number of benzene rings is 2. The third-order valence-electron chi connectivity index (χ3n) is 5.87. The second kappa shape index (κ2) is 7.99. The van der Waals surface area contributed by atoms with Gasteiger partial charge >= 0.3 is 0 Å². The van der Waals surface area contributed by atoms with Crippen molar-refractivity contribution < 1.29 is 9.18 Å². The molecule has 1 aliphatic heterocycles. The number of aryl methyl sites for hydroxylation is 1. The standard InChI is InChI=1S/C23H19ClFN7O/c1-30-19-5-4-17(8-15(19)11-28-30)32-21(24)20(23(33)31-7-6-16(27)12-31)29-22(32)13-2-3-14(10-26)18(25)9-13/h2-5,8-9,11,16H,6-7,12,27H2,1H3/t16-/m0/s1. The molecule has 5 rings (SSSR count). The van der Waals surface area contributed by atoms with Crippen LogP contribution in [0.5, 0.6) is 0 Å². The van der Waals surface area contributed by atoms with Gasteiger partial charge in [0.25, 0.3) is 5.91 Å². The molecular weight excluding hydrogens is 445 g/mol. The van der Waals surface area contributed by atoms with E-state index in [9.17, 15) is 9.18 Å². The number of hydrogen-bond donors (Lipinski definition) is 1. The number of nitrogens with zero attached hydrogens (tertiary/aromatic N) is 6. The van der Waals surface area contributed by atoms with E-state index < -0.39 is 5.82 Å². The molecule has 0 aliphatic carbocycles. The highest BCUT2D eigenvalue weighted by molar-refractivity contribution is 6.33. The smallest absolute Gasteiger partial charge is 0.275 e. The Morgan fingerprint density at radius 3 is 2.82 bits per heavy atom. The lowest BCUT2D eigenvalue weighted by Crippen LogP contribution is -2.32. The van der Waals surface area contributed by atoms with Crippen molar-refractivity contribution in [1.29, 1.82) is 5.26 Å². The third kappa shape index (κ3) is 3.53. The number of imidazole rings is 1. The van der Waals surface area contributed by atoms with Crippen LogP contribution in [-0.4, -0.2) is 49.3 Å². The van der Waals surface area contributed by atoms with Gasteiger partial charge in [-0.2, -0.15) is 10.4 Å². The molecule has 2 aromatic heterocycles. The van der Waals surface area contributed by atoms with Crippen LogP contribution in [0.4, 0.5) is 4.39 Å². The summed E-state index contributed by atoms with van der Waals surface area (Å²) < 4.78 is 17.8. The van der Waals surface area contributed by atoms with Crippen LogP contribution in [0.1, 0.15) is 22.5 Å². The van der Waals surface area contributed by atoms with Crippen LogP contribution >= 0.6 is 11.6 Å². The number of fused-ring (bicyclic) bond motifs is 1. The van der Waals surface area contributed by atoms with Gasteiger partial charge in [0, 0.05) is 42.8 Å². The predicted molar refractivity (Wildman–Crippen MR) is 121 cm³/mol. The Bertz CT molecular complexity index is 1450. The fraction of sp³-hybridized carbons (Fsp3) is 0.217. The maximum absolute atomic E-state index is 14.4. The Morgan fingerprint density at radius 2 is 2.12 bits per heavy atom. The Hall–Kier alpha value is -3.74. The van der Waals surface area contributed by atoms with Crippen LogP contribution in [0.15, 0.2) is 42.6 Å². The number of carbonyl (C=O) groups is 1. The van der Waals surface area contributed by atoms with Gasteiger partial charge in [-0.25, -0.2) is 9.37 Å². The molecule has 1 atom stereocenters. The first-order valence-electron chi connectivity index (χ1n) is 10.3. The molecule has 33 heavy (non-hydrogen) atoms. The molecule has 1 aliphatic rings. The van der Waals surface area contributed by atoms with Crippen molar-refractivity contribution in [2.24, 2.45) is 12.8 Å². The van der Waals surface area contributed by atoms with Crippen molar-refractivity contribution in [1.82, 2.24) is 24.2 Å². The fourth-order valence-corrected chi connectivity index (χ4v) is 4.42. The van der Waals surface area contributed by atoms with E-state index in [0.717, 1.165) is 10.9 Å². The van der Waals surface area contributed by atoms with Crippen LogP contribution in [0.3, 0.4) is 0 Å². The number of rotatable bonds is 3. The summed E-state index contributed by atoms with van der Waals surface area (Å²) in [6.45, 7) is 0.941. The maximum atomic E-state index is 14.4. The van der Waals surface area contributed by atoms with Gasteiger partial charge in [-0.05, 0) is 42.8 Å². The quantitative estimate of drug-likeness (QED) is 0.502. The first-order valence-corrected chi connectivity index (χ1v) is 10.7. The van der Waals surface area contributed by atoms with Crippen LogP contribution in [0, 0.1) is 17.1 Å². The molecule has 2 aromatic carbocycles. The topological polar surface area (TPSA) is 106 Å². The average molecular weight is 464 g/mol. The normalized spacial score (nSPS) is 15.8. The molecule has 1 saturated heterocycles. The molecule has 0 radical (unpaired) electrons. The summed E-state index contributed by atoms with van der Waals surface area (Å²) in [4.78, 5) is 19.4. The molecule has 4 aromatic rings. The summed E-state index contributed by atoms with van der Waals surface area (Å²) in [5.74, 6) is -0.718. The molecule has 10 heteroatoms. The van der Waals surface area contributed by atoms with Crippen LogP contribution in [-0.2, 0) is 7.05 Å². The van der Waals surface area contributed by atoms with E-state index in [1.54, 1.807) is 26.4 Å². The summed E-state index contributed by atoms with van der Waals surface area (Å²) in [7, 11) is 1.84. The molecule has 2 N–H and O–H groups in total. The van der Waals surface area contributed by atoms with Gasteiger partial charge in [0.05, 0.1) is 17.3 Å². The third-order valence-corrected chi connectivity index (χ3v) is 6.22. The summed E-state index contributed by atoms with van der Waals surface area (Å²) in [6.07, 6.45) is 2.43.